The molecule has 0 atom stereocenters. The molecule has 2 rings (SSSR count). The van der Waals surface area contributed by atoms with Gasteiger partial charge < -0.3 is 10.2 Å². The highest BCUT2D eigenvalue weighted by Gasteiger charge is 2.16. The molecule has 0 aromatic carbocycles. The highest BCUT2D eigenvalue weighted by Crippen LogP contribution is 2.28. The molecule has 0 bridgehead atoms. The zero-order valence-electron chi connectivity index (χ0n) is 8.24. The number of hydrogen-bond donors (Lipinski definition) is 1. The fourth-order valence-electron chi connectivity index (χ4n) is 1.74. The fraction of sp³-hybridized carbons (Fsp3) is 0.400. The van der Waals surface area contributed by atoms with Crippen molar-refractivity contribution in [2.45, 2.75) is 12.8 Å². The number of halogens is 1. The minimum absolute atomic E-state index is 0.587. The summed E-state index contributed by atoms with van der Waals surface area (Å²) in [6.45, 7) is 2.01. The van der Waals surface area contributed by atoms with Crippen LogP contribution >= 0.6 is 11.6 Å². The summed E-state index contributed by atoms with van der Waals surface area (Å²) < 4.78 is 0. The van der Waals surface area contributed by atoms with Crippen LogP contribution in [0.3, 0.4) is 0 Å². The van der Waals surface area contributed by atoms with Gasteiger partial charge in [0.2, 0.25) is 6.41 Å². The van der Waals surface area contributed by atoms with Crippen molar-refractivity contribution >= 4 is 29.5 Å². The topological polar surface area (TPSA) is 45.2 Å². The summed E-state index contributed by atoms with van der Waals surface area (Å²) in [5, 5.41) is 3.11. The van der Waals surface area contributed by atoms with E-state index >= 15 is 0 Å². The van der Waals surface area contributed by atoms with E-state index in [0.29, 0.717) is 17.1 Å². The molecule has 1 aromatic rings. The van der Waals surface area contributed by atoms with Crippen LogP contribution in [0.25, 0.3) is 0 Å². The minimum Gasteiger partial charge on any atom is -0.355 e. The van der Waals surface area contributed by atoms with Gasteiger partial charge in [-0.2, -0.15) is 0 Å². The maximum atomic E-state index is 10.2. The quantitative estimate of drug-likeness (QED) is 0.800. The molecule has 1 N–H and O–H groups in total. The van der Waals surface area contributed by atoms with Gasteiger partial charge in [0.25, 0.3) is 0 Å². The van der Waals surface area contributed by atoms with Crippen LogP contribution in [0, 0.1) is 0 Å². The third-order valence-electron chi connectivity index (χ3n) is 2.45. The van der Waals surface area contributed by atoms with E-state index in [1.54, 1.807) is 12.3 Å². The normalized spacial score (nSPS) is 15.4. The maximum Gasteiger partial charge on any atom is 0.211 e. The van der Waals surface area contributed by atoms with Crippen molar-refractivity contribution in [2.24, 2.45) is 0 Å². The molecule has 0 radical (unpaired) electrons. The Hall–Kier alpha value is -1.29. The number of carbonyl (C=O) groups is 1. The molecule has 80 valence electrons. The third-order valence-corrected chi connectivity index (χ3v) is 2.73. The highest BCUT2D eigenvalue weighted by molar-refractivity contribution is 6.33. The van der Waals surface area contributed by atoms with E-state index in [1.165, 1.54) is 12.8 Å². The number of hydrogen-bond acceptors (Lipinski definition) is 3. The highest BCUT2D eigenvalue weighted by atomic mass is 35.5. The average molecular weight is 226 g/mol. The Morgan fingerprint density at radius 2 is 2.20 bits per heavy atom. The fourth-order valence-corrected chi connectivity index (χ4v) is 2.03. The summed E-state index contributed by atoms with van der Waals surface area (Å²) in [6, 6.07) is 1.72. The van der Waals surface area contributed by atoms with E-state index in [9.17, 15) is 4.79 Å². The lowest BCUT2D eigenvalue weighted by molar-refractivity contribution is -0.105. The van der Waals surface area contributed by atoms with Gasteiger partial charge in [0.05, 0.1) is 16.9 Å². The zero-order valence-corrected chi connectivity index (χ0v) is 9.00. The second-order valence-electron chi connectivity index (χ2n) is 3.49. The summed E-state index contributed by atoms with van der Waals surface area (Å²) >= 11 is 6.09. The first kappa shape index (κ1) is 10.2. The zero-order chi connectivity index (χ0) is 10.7. The third kappa shape index (κ3) is 2.21. The van der Waals surface area contributed by atoms with Crippen molar-refractivity contribution in [2.75, 3.05) is 23.3 Å². The van der Waals surface area contributed by atoms with Gasteiger partial charge in [-0.05, 0) is 18.9 Å². The molecule has 1 saturated heterocycles. The number of nitrogens with one attached hydrogen (secondary N) is 1. The smallest absolute Gasteiger partial charge is 0.211 e. The van der Waals surface area contributed by atoms with E-state index in [-0.39, 0.29) is 0 Å². The molecule has 1 aliphatic rings. The summed E-state index contributed by atoms with van der Waals surface area (Å²) in [7, 11) is 0. The Kier molecular flexibility index (Phi) is 3.06. The number of anilines is 2. The second-order valence-corrected chi connectivity index (χ2v) is 3.89. The van der Waals surface area contributed by atoms with E-state index < -0.39 is 0 Å². The lowest BCUT2D eigenvalue weighted by Crippen LogP contribution is -2.19. The number of carbonyl (C=O) groups excluding carboxylic acids is 1. The van der Waals surface area contributed by atoms with Crippen molar-refractivity contribution in [3.63, 3.8) is 0 Å². The number of amides is 1. The minimum atomic E-state index is 0.587. The molecule has 5 heteroatoms. The van der Waals surface area contributed by atoms with Crippen LogP contribution in [-0.2, 0) is 4.79 Å². The summed E-state index contributed by atoms with van der Waals surface area (Å²) in [5.74, 6) is 0.811. The average Bonchev–Trinajstić information content (AvgIpc) is 2.71. The van der Waals surface area contributed by atoms with Crippen LogP contribution in [0.15, 0.2) is 12.3 Å². The number of nitrogens with zero attached hydrogens (tertiary/aromatic N) is 2. The van der Waals surface area contributed by atoms with Crippen molar-refractivity contribution in [3.8, 4) is 0 Å². The van der Waals surface area contributed by atoms with Crippen LogP contribution in [0.5, 0.6) is 0 Å². The Balaban J connectivity index is 2.21. The molecule has 2 heterocycles. The molecular weight excluding hydrogens is 214 g/mol. The van der Waals surface area contributed by atoms with Crippen LogP contribution < -0.4 is 10.2 Å². The lowest BCUT2D eigenvalue weighted by atomic mass is 10.4. The van der Waals surface area contributed by atoms with Crippen LogP contribution in [0.4, 0.5) is 11.5 Å². The van der Waals surface area contributed by atoms with Gasteiger partial charge in [0, 0.05) is 13.1 Å². The number of aromatic nitrogens is 1. The van der Waals surface area contributed by atoms with Gasteiger partial charge >= 0.3 is 0 Å². The predicted octanol–water partition coefficient (Wildman–Crippen LogP) is 1.90. The number of rotatable bonds is 3. The van der Waals surface area contributed by atoms with Crippen molar-refractivity contribution in [3.05, 3.63) is 17.3 Å². The van der Waals surface area contributed by atoms with Gasteiger partial charge in [-0.25, -0.2) is 4.98 Å². The molecule has 0 saturated carbocycles. The van der Waals surface area contributed by atoms with Crippen molar-refractivity contribution in [1.29, 1.82) is 0 Å². The molecule has 1 amide bonds. The van der Waals surface area contributed by atoms with Crippen LogP contribution in [-0.4, -0.2) is 24.5 Å². The maximum absolute atomic E-state index is 10.2. The Bertz CT molecular complexity index is 364. The summed E-state index contributed by atoms with van der Waals surface area (Å²) in [6.07, 6.45) is 4.61. The Labute approximate surface area is 93.2 Å². The lowest BCUT2D eigenvalue weighted by Gasteiger charge is -2.17. The molecule has 1 aliphatic heterocycles. The van der Waals surface area contributed by atoms with E-state index in [2.05, 4.69) is 15.2 Å². The molecule has 0 aliphatic carbocycles. The number of pyridine rings is 1. The van der Waals surface area contributed by atoms with E-state index in [1.807, 2.05) is 0 Å². The first-order chi connectivity index (χ1) is 7.31. The largest absolute Gasteiger partial charge is 0.355 e. The second kappa shape index (κ2) is 4.49. The monoisotopic (exact) mass is 225 g/mol. The molecular formula is C10H12ClN3O. The first-order valence-electron chi connectivity index (χ1n) is 4.92. The predicted molar refractivity (Wildman–Crippen MR) is 60.4 cm³/mol. The molecule has 1 aromatic heterocycles. The molecule has 1 fully saturated rings. The van der Waals surface area contributed by atoms with Gasteiger partial charge in [-0.1, -0.05) is 11.6 Å². The molecule has 15 heavy (non-hydrogen) atoms. The van der Waals surface area contributed by atoms with Gasteiger partial charge in [-0.15, -0.1) is 0 Å². The van der Waals surface area contributed by atoms with Crippen molar-refractivity contribution < 1.29 is 4.79 Å². The first-order valence-corrected chi connectivity index (χ1v) is 5.30. The van der Waals surface area contributed by atoms with E-state index in [4.69, 9.17) is 11.6 Å². The standard InChI is InChI=1S/C10H12ClN3O/c11-9-5-8(13-7-15)6-12-10(9)14-3-1-2-4-14/h5-7H,1-4H2,(H,13,15). The van der Waals surface area contributed by atoms with E-state index in [0.717, 1.165) is 18.9 Å². The van der Waals surface area contributed by atoms with Gasteiger partial charge in [0.1, 0.15) is 5.82 Å². The van der Waals surface area contributed by atoms with Gasteiger partial charge in [-0.3, -0.25) is 4.79 Å². The Morgan fingerprint density at radius 1 is 1.47 bits per heavy atom. The molecule has 0 spiro atoms. The van der Waals surface area contributed by atoms with Crippen molar-refractivity contribution in [1.82, 2.24) is 4.98 Å². The van der Waals surface area contributed by atoms with Gasteiger partial charge in [0.15, 0.2) is 0 Å². The molecule has 4 nitrogen and oxygen atoms in total. The van der Waals surface area contributed by atoms with Crippen LogP contribution in [0.1, 0.15) is 12.8 Å². The summed E-state index contributed by atoms with van der Waals surface area (Å²) in [4.78, 5) is 16.6. The summed E-state index contributed by atoms with van der Waals surface area (Å²) in [5.41, 5.74) is 0.623. The Morgan fingerprint density at radius 3 is 2.80 bits per heavy atom. The SMILES string of the molecule is O=CNc1cnc(N2CCCC2)c(Cl)c1. The van der Waals surface area contributed by atoms with Crippen LogP contribution in [0.2, 0.25) is 5.02 Å². The molecule has 0 unspecified atom stereocenters.